The van der Waals surface area contributed by atoms with Crippen molar-refractivity contribution in [2.75, 3.05) is 0 Å². The Bertz CT molecular complexity index is 417. The third kappa shape index (κ3) is 2.27. The molecule has 1 aromatic rings. The number of hydrogen-bond acceptors (Lipinski definition) is 2. The highest BCUT2D eigenvalue weighted by Gasteiger charge is 2.56. The van der Waals surface area contributed by atoms with Crippen LogP contribution >= 0.6 is 0 Å². The summed E-state index contributed by atoms with van der Waals surface area (Å²) in [6, 6.07) is 8.41. The summed E-state index contributed by atoms with van der Waals surface area (Å²) in [5, 5.41) is 10.2. The van der Waals surface area contributed by atoms with Crippen LogP contribution in [0, 0.1) is 5.41 Å². The molecule has 2 unspecified atom stereocenters. The number of aryl methyl sites for hydroxylation is 1. The highest BCUT2D eigenvalue weighted by Crippen LogP contribution is 2.53. The fourth-order valence-corrected chi connectivity index (χ4v) is 3.72. The van der Waals surface area contributed by atoms with Crippen LogP contribution < -0.4 is 4.74 Å². The standard InChI is InChI=1S/C17H24O2/c1-2-13-6-8-14(9-7-13)19-16-12-15(18)17(16)10-4-3-5-11-17/h6-9,15-16,18H,2-5,10-12H2,1H3. The lowest BCUT2D eigenvalue weighted by Crippen LogP contribution is -2.60. The molecule has 0 aliphatic heterocycles. The van der Waals surface area contributed by atoms with Crippen molar-refractivity contribution in [3.63, 3.8) is 0 Å². The Hall–Kier alpha value is -1.02. The van der Waals surface area contributed by atoms with E-state index in [1.54, 1.807) is 0 Å². The summed E-state index contributed by atoms with van der Waals surface area (Å²) < 4.78 is 6.15. The molecular weight excluding hydrogens is 236 g/mol. The molecule has 2 aliphatic rings. The van der Waals surface area contributed by atoms with Gasteiger partial charge in [0.15, 0.2) is 0 Å². The fraction of sp³-hybridized carbons (Fsp3) is 0.647. The van der Waals surface area contributed by atoms with Gasteiger partial charge < -0.3 is 9.84 Å². The number of ether oxygens (including phenoxy) is 1. The zero-order valence-corrected chi connectivity index (χ0v) is 11.8. The van der Waals surface area contributed by atoms with Gasteiger partial charge in [-0.2, -0.15) is 0 Å². The largest absolute Gasteiger partial charge is 0.490 e. The lowest BCUT2D eigenvalue weighted by Gasteiger charge is -2.55. The fourth-order valence-electron chi connectivity index (χ4n) is 3.72. The van der Waals surface area contributed by atoms with Gasteiger partial charge in [0.2, 0.25) is 0 Å². The number of aliphatic hydroxyl groups excluding tert-OH is 1. The molecule has 2 atom stereocenters. The summed E-state index contributed by atoms with van der Waals surface area (Å²) >= 11 is 0. The Morgan fingerprint density at radius 2 is 1.84 bits per heavy atom. The molecule has 3 rings (SSSR count). The van der Waals surface area contributed by atoms with E-state index in [1.165, 1.54) is 24.8 Å². The molecular formula is C17H24O2. The molecule has 0 bridgehead atoms. The summed E-state index contributed by atoms with van der Waals surface area (Å²) in [6.07, 6.45) is 7.99. The summed E-state index contributed by atoms with van der Waals surface area (Å²) in [4.78, 5) is 0. The van der Waals surface area contributed by atoms with Crippen LogP contribution in [-0.2, 0) is 6.42 Å². The second kappa shape index (κ2) is 5.16. The molecule has 104 valence electrons. The van der Waals surface area contributed by atoms with Gasteiger partial charge in [-0.15, -0.1) is 0 Å². The molecule has 2 fully saturated rings. The Morgan fingerprint density at radius 1 is 1.16 bits per heavy atom. The molecule has 1 aromatic carbocycles. The van der Waals surface area contributed by atoms with Crippen molar-refractivity contribution < 1.29 is 9.84 Å². The third-order valence-electron chi connectivity index (χ3n) is 5.14. The first-order valence-corrected chi connectivity index (χ1v) is 7.68. The SMILES string of the molecule is CCc1ccc(OC2CC(O)C23CCCCC3)cc1. The molecule has 19 heavy (non-hydrogen) atoms. The van der Waals surface area contributed by atoms with E-state index in [-0.39, 0.29) is 17.6 Å². The first-order chi connectivity index (χ1) is 9.24. The predicted molar refractivity (Wildman–Crippen MR) is 76.4 cm³/mol. The van der Waals surface area contributed by atoms with Crippen LogP contribution in [0.3, 0.4) is 0 Å². The Balaban J connectivity index is 1.68. The van der Waals surface area contributed by atoms with Gasteiger partial charge in [0.1, 0.15) is 11.9 Å². The van der Waals surface area contributed by atoms with Crippen molar-refractivity contribution >= 4 is 0 Å². The highest BCUT2D eigenvalue weighted by molar-refractivity contribution is 5.28. The highest BCUT2D eigenvalue weighted by atomic mass is 16.5. The number of aliphatic hydroxyl groups is 1. The molecule has 1 spiro atoms. The summed E-state index contributed by atoms with van der Waals surface area (Å²) in [6.45, 7) is 2.16. The van der Waals surface area contributed by atoms with Gasteiger partial charge in [0, 0.05) is 11.8 Å². The first kappa shape index (κ1) is 13.0. The van der Waals surface area contributed by atoms with Gasteiger partial charge in [0.25, 0.3) is 0 Å². The van der Waals surface area contributed by atoms with Crippen LogP contribution in [0.1, 0.15) is 51.0 Å². The van der Waals surface area contributed by atoms with Gasteiger partial charge in [-0.1, -0.05) is 38.3 Å². The minimum absolute atomic E-state index is 0.0572. The second-order valence-corrected chi connectivity index (χ2v) is 6.15. The van der Waals surface area contributed by atoms with Crippen LogP contribution in [0.4, 0.5) is 0 Å². The molecule has 0 heterocycles. The average Bonchev–Trinajstić information content (AvgIpc) is 2.48. The molecule has 0 saturated heterocycles. The Morgan fingerprint density at radius 3 is 2.42 bits per heavy atom. The lowest BCUT2D eigenvalue weighted by molar-refractivity contribution is -0.172. The van der Waals surface area contributed by atoms with E-state index >= 15 is 0 Å². The topological polar surface area (TPSA) is 29.5 Å². The molecule has 2 aliphatic carbocycles. The van der Waals surface area contributed by atoms with Crippen LogP contribution in [-0.4, -0.2) is 17.3 Å². The number of benzene rings is 1. The van der Waals surface area contributed by atoms with E-state index in [0.29, 0.717) is 0 Å². The Kier molecular flexibility index (Phi) is 3.53. The zero-order valence-electron chi connectivity index (χ0n) is 11.8. The van der Waals surface area contributed by atoms with Gasteiger partial charge >= 0.3 is 0 Å². The molecule has 2 nitrogen and oxygen atoms in total. The zero-order chi connectivity index (χ0) is 13.3. The maximum Gasteiger partial charge on any atom is 0.119 e. The van der Waals surface area contributed by atoms with Crippen LogP contribution in [0.25, 0.3) is 0 Å². The van der Waals surface area contributed by atoms with E-state index in [1.807, 2.05) is 0 Å². The van der Waals surface area contributed by atoms with Crippen LogP contribution in [0.15, 0.2) is 24.3 Å². The van der Waals surface area contributed by atoms with Crippen molar-refractivity contribution in [1.29, 1.82) is 0 Å². The van der Waals surface area contributed by atoms with Crippen molar-refractivity contribution in [2.24, 2.45) is 5.41 Å². The molecule has 2 saturated carbocycles. The van der Waals surface area contributed by atoms with Crippen LogP contribution in [0.2, 0.25) is 0 Å². The molecule has 0 radical (unpaired) electrons. The van der Waals surface area contributed by atoms with Gasteiger partial charge in [0.05, 0.1) is 6.10 Å². The predicted octanol–water partition coefficient (Wildman–Crippen LogP) is 3.71. The monoisotopic (exact) mass is 260 g/mol. The van der Waals surface area contributed by atoms with Crippen molar-refractivity contribution in [3.8, 4) is 5.75 Å². The summed E-state index contributed by atoms with van der Waals surface area (Å²) in [5.41, 5.74) is 1.40. The molecule has 1 N–H and O–H groups in total. The van der Waals surface area contributed by atoms with E-state index in [2.05, 4.69) is 31.2 Å². The van der Waals surface area contributed by atoms with Gasteiger partial charge in [-0.25, -0.2) is 0 Å². The summed E-state index contributed by atoms with van der Waals surface area (Å²) in [7, 11) is 0. The maximum absolute atomic E-state index is 10.2. The van der Waals surface area contributed by atoms with E-state index < -0.39 is 0 Å². The van der Waals surface area contributed by atoms with Gasteiger partial charge in [-0.05, 0) is 37.0 Å². The minimum Gasteiger partial charge on any atom is -0.490 e. The minimum atomic E-state index is -0.146. The molecule has 0 amide bonds. The Labute approximate surface area is 115 Å². The number of rotatable bonds is 3. The molecule has 0 aromatic heterocycles. The maximum atomic E-state index is 10.2. The quantitative estimate of drug-likeness (QED) is 0.897. The van der Waals surface area contributed by atoms with Crippen LogP contribution in [0.5, 0.6) is 5.75 Å². The van der Waals surface area contributed by atoms with E-state index in [0.717, 1.165) is 31.4 Å². The first-order valence-electron chi connectivity index (χ1n) is 7.68. The van der Waals surface area contributed by atoms with E-state index in [9.17, 15) is 5.11 Å². The smallest absolute Gasteiger partial charge is 0.119 e. The van der Waals surface area contributed by atoms with Crippen molar-refractivity contribution in [3.05, 3.63) is 29.8 Å². The average molecular weight is 260 g/mol. The lowest BCUT2D eigenvalue weighted by atomic mass is 9.56. The normalized spacial score (nSPS) is 28.9. The van der Waals surface area contributed by atoms with Crippen molar-refractivity contribution in [1.82, 2.24) is 0 Å². The van der Waals surface area contributed by atoms with E-state index in [4.69, 9.17) is 4.74 Å². The molecule has 2 heteroatoms. The second-order valence-electron chi connectivity index (χ2n) is 6.15. The number of hydrogen-bond donors (Lipinski definition) is 1. The third-order valence-corrected chi connectivity index (χ3v) is 5.14. The summed E-state index contributed by atoms with van der Waals surface area (Å²) in [5.74, 6) is 0.957. The van der Waals surface area contributed by atoms with Crippen molar-refractivity contribution in [2.45, 2.75) is 64.1 Å². The van der Waals surface area contributed by atoms with Gasteiger partial charge in [-0.3, -0.25) is 0 Å².